The van der Waals surface area contributed by atoms with Crippen molar-refractivity contribution in [3.63, 3.8) is 0 Å². The standard InChI is InChI=1S/C18H23BN4O6/c1-28-11-15(22-17(24)14-9-20-7-8-21-14)18(25)23-16(19(26)27)12-29-10-13-5-3-2-4-6-13/h2-9,15-16,26-27H,10-12H2,1H3,(H,22,24)(H,23,25). The molecule has 2 aromatic rings. The zero-order chi connectivity index (χ0) is 21.1. The first-order valence-corrected chi connectivity index (χ1v) is 8.85. The lowest BCUT2D eigenvalue weighted by atomic mass is 9.80. The molecule has 2 rings (SSSR count). The molecule has 4 N–H and O–H groups in total. The quantitative estimate of drug-likeness (QED) is 0.348. The lowest BCUT2D eigenvalue weighted by Gasteiger charge is -2.22. The zero-order valence-electron chi connectivity index (χ0n) is 15.9. The number of nitrogens with one attached hydrogen (secondary N) is 2. The van der Waals surface area contributed by atoms with Gasteiger partial charge in [-0.2, -0.15) is 0 Å². The van der Waals surface area contributed by atoms with Crippen LogP contribution in [0.4, 0.5) is 0 Å². The van der Waals surface area contributed by atoms with Crippen molar-refractivity contribution in [1.29, 1.82) is 0 Å². The fourth-order valence-electron chi connectivity index (χ4n) is 2.36. The van der Waals surface area contributed by atoms with E-state index in [1.54, 1.807) is 0 Å². The van der Waals surface area contributed by atoms with E-state index in [0.717, 1.165) is 5.56 Å². The Kier molecular flexibility index (Phi) is 9.18. The Morgan fingerprint density at radius 2 is 1.90 bits per heavy atom. The summed E-state index contributed by atoms with van der Waals surface area (Å²) < 4.78 is 10.4. The molecule has 2 unspecified atom stereocenters. The van der Waals surface area contributed by atoms with Crippen LogP contribution in [0.5, 0.6) is 0 Å². The van der Waals surface area contributed by atoms with E-state index in [4.69, 9.17) is 9.47 Å². The first kappa shape index (κ1) is 22.4. The average Bonchev–Trinajstić information content (AvgIpc) is 2.73. The van der Waals surface area contributed by atoms with Crippen LogP contribution in [0.15, 0.2) is 48.9 Å². The molecular weight excluding hydrogens is 379 g/mol. The number of ether oxygens (including phenoxy) is 2. The number of benzene rings is 1. The molecule has 1 aromatic heterocycles. The predicted octanol–water partition coefficient (Wildman–Crippen LogP) is -1.06. The molecule has 29 heavy (non-hydrogen) atoms. The number of nitrogens with zero attached hydrogens (tertiary/aromatic N) is 2. The van der Waals surface area contributed by atoms with Crippen molar-refractivity contribution in [2.45, 2.75) is 18.6 Å². The van der Waals surface area contributed by atoms with E-state index >= 15 is 0 Å². The number of hydrogen-bond donors (Lipinski definition) is 4. The van der Waals surface area contributed by atoms with Crippen molar-refractivity contribution in [3.05, 3.63) is 60.2 Å². The summed E-state index contributed by atoms with van der Waals surface area (Å²) in [6.45, 7) is -0.0299. The number of aromatic nitrogens is 2. The van der Waals surface area contributed by atoms with Gasteiger partial charge in [-0.15, -0.1) is 0 Å². The van der Waals surface area contributed by atoms with E-state index in [-0.39, 0.29) is 25.5 Å². The van der Waals surface area contributed by atoms with Crippen LogP contribution < -0.4 is 10.6 Å². The Morgan fingerprint density at radius 1 is 1.14 bits per heavy atom. The second kappa shape index (κ2) is 11.9. The Labute approximate surface area is 168 Å². The molecule has 0 aliphatic rings. The predicted molar refractivity (Wildman–Crippen MR) is 103 cm³/mol. The highest BCUT2D eigenvalue weighted by molar-refractivity contribution is 6.43. The maximum atomic E-state index is 12.5. The third-order valence-corrected chi connectivity index (χ3v) is 3.85. The van der Waals surface area contributed by atoms with Crippen molar-refractivity contribution in [3.8, 4) is 0 Å². The monoisotopic (exact) mass is 402 g/mol. The summed E-state index contributed by atoms with van der Waals surface area (Å²) in [7, 11) is -0.482. The SMILES string of the molecule is COCC(NC(=O)c1cnccn1)C(=O)NC(COCc1ccccc1)B(O)O. The molecule has 10 nitrogen and oxygen atoms in total. The molecule has 0 saturated carbocycles. The molecule has 0 aliphatic heterocycles. The lowest BCUT2D eigenvalue weighted by molar-refractivity contribution is -0.125. The van der Waals surface area contributed by atoms with E-state index in [1.807, 2.05) is 30.3 Å². The molecule has 0 saturated heterocycles. The highest BCUT2D eigenvalue weighted by atomic mass is 16.5. The highest BCUT2D eigenvalue weighted by Gasteiger charge is 2.30. The maximum Gasteiger partial charge on any atom is 0.477 e. The Balaban J connectivity index is 1.92. The molecule has 11 heteroatoms. The minimum Gasteiger partial charge on any atom is -0.426 e. The molecule has 0 aliphatic carbocycles. The van der Waals surface area contributed by atoms with Crippen LogP contribution in [0, 0.1) is 0 Å². The van der Waals surface area contributed by atoms with Crippen molar-refractivity contribution in [2.24, 2.45) is 0 Å². The van der Waals surface area contributed by atoms with Gasteiger partial charge in [-0.25, -0.2) is 4.98 Å². The minimum atomic E-state index is -1.85. The number of carbonyl (C=O) groups excluding carboxylic acids is 2. The van der Waals surface area contributed by atoms with Crippen molar-refractivity contribution in [1.82, 2.24) is 20.6 Å². The Bertz CT molecular complexity index is 765. The van der Waals surface area contributed by atoms with Crippen LogP contribution in [0.2, 0.25) is 0 Å². The Morgan fingerprint density at radius 3 is 2.52 bits per heavy atom. The van der Waals surface area contributed by atoms with Gasteiger partial charge < -0.3 is 30.2 Å². The third-order valence-electron chi connectivity index (χ3n) is 3.85. The molecule has 2 atom stereocenters. The topological polar surface area (TPSA) is 143 Å². The molecule has 154 valence electrons. The van der Waals surface area contributed by atoms with Gasteiger partial charge in [0.15, 0.2) is 0 Å². The van der Waals surface area contributed by atoms with Gasteiger partial charge in [0.05, 0.1) is 32.0 Å². The lowest BCUT2D eigenvalue weighted by Crippen LogP contribution is -2.56. The molecule has 1 aromatic carbocycles. The summed E-state index contributed by atoms with van der Waals surface area (Å²) in [6.07, 6.45) is 4.02. The number of amides is 2. The third kappa shape index (κ3) is 7.58. The molecule has 0 bridgehead atoms. The summed E-state index contributed by atoms with van der Waals surface area (Å²) in [5, 5.41) is 24.0. The van der Waals surface area contributed by atoms with E-state index in [9.17, 15) is 19.6 Å². The second-order valence-electron chi connectivity index (χ2n) is 6.10. The highest BCUT2D eigenvalue weighted by Crippen LogP contribution is 2.02. The summed E-state index contributed by atoms with van der Waals surface area (Å²) in [5.41, 5.74) is 0.935. The van der Waals surface area contributed by atoms with E-state index in [1.165, 1.54) is 25.7 Å². The van der Waals surface area contributed by atoms with Gasteiger partial charge in [0.1, 0.15) is 11.7 Å². The number of methoxy groups -OCH3 is 1. The van der Waals surface area contributed by atoms with Crippen LogP contribution in [0.25, 0.3) is 0 Å². The van der Waals surface area contributed by atoms with Gasteiger partial charge in [-0.05, 0) is 5.56 Å². The smallest absolute Gasteiger partial charge is 0.426 e. The number of carbonyl (C=O) groups is 2. The van der Waals surface area contributed by atoms with Crippen LogP contribution in [0.1, 0.15) is 16.1 Å². The molecule has 1 heterocycles. The summed E-state index contributed by atoms with van der Waals surface area (Å²) >= 11 is 0. The van der Waals surface area contributed by atoms with Gasteiger partial charge in [0.2, 0.25) is 5.91 Å². The number of hydrogen-bond acceptors (Lipinski definition) is 8. The fourth-order valence-corrected chi connectivity index (χ4v) is 2.36. The number of rotatable bonds is 11. The van der Waals surface area contributed by atoms with E-state index in [0.29, 0.717) is 0 Å². The first-order valence-electron chi connectivity index (χ1n) is 8.85. The van der Waals surface area contributed by atoms with Crippen molar-refractivity contribution in [2.75, 3.05) is 20.3 Å². The van der Waals surface area contributed by atoms with Gasteiger partial charge in [-0.1, -0.05) is 30.3 Å². The van der Waals surface area contributed by atoms with E-state index < -0.39 is 30.9 Å². The molecule has 2 amide bonds. The summed E-state index contributed by atoms with van der Waals surface area (Å²) in [6, 6.07) is 8.22. The van der Waals surface area contributed by atoms with Crippen LogP contribution in [0.3, 0.4) is 0 Å². The van der Waals surface area contributed by atoms with Crippen molar-refractivity contribution >= 4 is 18.9 Å². The second-order valence-corrected chi connectivity index (χ2v) is 6.10. The van der Waals surface area contributed by atoms with Crippen molar-refractivity contribution < 1.29 is 29.1 Å². The molecule has 0 spiro atoms. The summed E-state index contributed by atoms with van der Waals surface area (Å²) in [4.78, 5) is 32.4. The van der Waals surface area contributed by atoms with Gasteiger partial charge in [-0.3, -0.25) is 14.6 Å². The molecular formula is C18H23BN4O6. The molecule has 0 fully saturated rings. The zero-order valence-corrected chi connectivity index (χ0v) is 15.9. The van der Waals surface area contributed by atoms with Crippen LogP contribution in [-0.2, 0) is 20.9 Å². The van der Waals surface area contributed by atoms with E-state index in [2.05, 4.69) is 20.6 Å². The minimum absolute atomic E-state index is 0.0336. The average molecular weight is 402 g/mol. The van der Waals surface area contributed by atoms with Gasteiger partial charge in [0.25, 0.3) is 5.91 Å². The van der Waals surface area contributed by atoms with Gasteiger partial charge >= 0.3 is 7.12 Å². The molecule has 0 radical (unpaired) electrons. The summed E-state index contributed by atoms with van der Waals surface area (Å²) in [5.74, 6) is -2.37. The van der Waals surface area contributed by atoms with Gasteiger partial charge in [0, 0.05) is 19.5 Å². The fraction of sp³-hybridized carbons (Fsp3) is 0.333. The van der Waals surface area contributed by atoms with Crippen LogP contribution in [-0.4, -0.2) is 71.3 Å². The maximum absolute atomic E-state index is 12.5. The largest absolute Gasteiger partial charge is 0.477 e. The normalized spacial score (nSPS) is 12.7. The van der Waals surface area contributed by atoms with Crippen LogP contribution >= 0.6 is 0 Å². The Hall–Kier alpha value is -2.86. The first-order chi connectivity index (χ1) is 14.0.